The maximum atomic E-state index is 12.5. The van der Waals surface area contributed by atoms with Crippen LogP contribution in [0.5, 0.6) is 5.88 Å². The standard InChI is InChI=1S/C16H22N2O4/c1-3-4-10-22-14-8-7-12(11-17-14)15(19)18-9-5-6-13(18)16(20)21-2/h7-8,11,13H,3-6,9-10H2,1-2H3. The van der Waals surface area contributed by atoms with E-state index in [2.05, 4.69) is 11.9 Å². The molecule has 6 heteroatoms. The van der Waals surface area contributed by atoms with E-state index in [9.17, 15) is 9.59 Å². The van der Waals surface area contributed by atoms with E-state index in [-0.39, 0.29) is 11.9 Å². The number of methoxy groups -OCH3 is 1. The molecule has 0 bridgehead atoms. The Morgan fingerprint density at radius 3 is 2.86 bits per heavy atom. The van der Waals surface area contributed by atoms with Crippen molar-refractivity contribution in [1.82, 2.24) is 9.88 Å². The molecule has 120 valence electrons. The highest BCUT2D eigenvalue weighted by Gasteiger charge is 2.35. The van der Waals surface area contributed by atoms with Crippen LogP contribution in [0.3, 0.4) is 0 Å². The van der Waals surface area contributed by atoms with Crippen molar-refractivity contribution in [3.05, 3.63) is 23.9 Å². The second-order valence-corrected chi connectivity index (χ2v) is 5.27. The molecule has 1 unspecified atom stereocenters. The molecule has 1 aromatic heterocycles. The number of unbranched alkanes of at least 4 members (excludes halogenated alkanes) is 1. The Kier molecular flexibility index (Phi) is 5.75. The molecule has 0 spiro atoms. The summed E-state index contributed by atoms with van der Waals surface area (Å²) in [5.41, 5.74) is 0.457. The van der Waals surface area contributed by atoms with Gasteiger partial charge in [-0.1, -0.05) is 13.3 Å². The Morgan fingerprint density at radius 2 is 2.23 bits per heavy atom. The van der Waals surface area contributed by atoms with Crippen LogP contribution in [0.25, 0.3) is 0 Å². The molecule has 2 rings (SSSR count). The molecule has 1 fully saturated rings. The molecular weight excluding hydrogens is 284 g/mol. The van der Waals surface area contributed by atoms with E-state index in [1.165, 1.54) is 13.3 Å². The maximum absolute atomic E-state index is 12.5. The number of rotatable bonds is 6. The normalized spacial score (nSPS) is 17.4. The quantitative estimate of drug-likeness (QED) is 0.594. The van der Waals surface area contributed by atoms with Gasteiger partial charge >= 0.3 is 5.97 Å². The molecular formula is C16H22N2O4. The molecule has 0 N–H and O–H groups in total. The van der Waals surface area contributed by atoms with Gasteiger partial charge < -0.3 is 14.4 Å². The molecule has 1 aromatic rings. The zero-order chi connectivity index (χ0) is 15.9. The number of nitrogens with zero attached hydrogens (tertiary/aromatic N) is 2. The first-order valence-electron chi connectivity index (χ1n) is 7.65. The number of pyridine rings is 1. The summed E-state index contributed by atoms with van der Waals surface area (Å²) in [7, 11) is 1.34. The fourth-order valence-electron chi connectivity index (χ4n) is 2.47. The molecule has 1 aliphatic rings. The summed E-state index contributed by atoms with van der Waals surface area (Å²) in [4.78, 5) is 29.9. The van der Waals surface area contributed by atoms with Gasteiger partial charge in [-0.2, -0.15) is 0 Å². The maximum Gasteiger partial charge on any atom is 0.328 e. The fraction of sp³-hybridized carbons (Fsp3) is 0.562. The number of hydrogen-bond acceptors (Lipinski definition) is 5. The molecule has 1 atom stereocenters. The van der Waals surface area contributed by atoms with Crippen LogP contribution in [0.4, 0.5) is 0 Å². The first-order chi connectivity index (χ1) is 10.7. The molecule has 6 nitrogen and oxygen atoms in total. The smallest absolute Gasteiger partial charge is 0.328 e. The SMILES string of the molecule is CCCCOc1ccc(C(=O)N2CCCC2C(=O)OC)cn1. The number of carbonyl (C=O) groups excluding carboxylic acids is 2. The Labute approximate surface area is 130 Å². The third-order valence-corrected chi connectivity index (χ3v) is 3.72. The Bertz CT molecular complexity index is 515. The van der Waals surface area contributed by atoms with Crippen LogP contribution < -0.4 is 4.74 Å². The van der Waals surface area contributed by atoms with Crippen molar-refractivity contribution in [3.63, 3.8) is 0 Å². The van der Waals surface area contributed by atoms with Gasteiger partial charge in [0.2, 0.25) is 5.88 Å². The van der Waals surface area contributed by atoms with E-state index in [0.29, 0.717) is 31.0 Å². The van der Waals surface area contributed by atoms with Crippen LogP contribution in [0.15, 0.2) is 18.3 Å². The lowest BCUT2D eigenvalue weighted by atomic mass is 10.2. The molecule has 22 heavy (non-hydrogen) atoms. The topological polar surface area (TPSA) is 68.7 Å². The second-order valence-electron chi connectivity index (χ2n) is 5.27. The predicted molar refractivity (Wildman–Crippen MR) is 80.7 cm³/mol. The van der Waals surface area contributed by atoms with Crippen molar-refractivity contribution in [2.45, 2.75) is 38.6 Å². The minimum Gasteiger partial charge on any atom is -0.478 e. The van der Waals surface area contributed by atoms with Crippen LogP contribution in [-0.2, 0) is 9.53 Å². The van der Waals surface area contributed by atoms with Crippen LogP contribution in [0.1, 0.15) is 43.0 Å². The number of carbonyl (C=O) groups is 2. The molecule has 0 saturated carbocycles. The average Bonchev–Trinajstić information content (AvgIpc) is 3.04. The number of esters is 1. The highest BCUT2D eigenvalue weighted by atomic mass is 16.5. The zero-order valence-corrected chi connectivity index (χ0v) is 13.1. The number of ether oxygens (including phenoxy) is 2. The number of aromatic nitrogens is 1. The summed E-state index contributed by atoms with van der Waals surface area (Å²) >= 11 is 0. The van der Waals surface area contributed by atoms with Crippen LogP contribution >= 0.6 is 0 Å². The van der Waals surface area contributed by atoms with E-state index in [0.717, 1.165) is 19.3 Å². The van der Waals surface area contributed by atoms with Crippen molar-refractivity contribution in [3.8, 4) is 5.88 Å². The first-order valence-corrected chi connectivity index (χ1v) is 7.65. The Hall–Kier alpha value is -2.11. The van der Waals surface area contributed by atoms with Gasteiger partial charge in [0, 0.05) is 18.8 Å². The Morgan fingerprint density at radius 1 is 1.41 bits per heavy atom. The summed E-state index contributed by atoms with van der Waals surface area (Å²) in [5, 5.41) is 0. The molecule has 1 saturated heterocycles. The lowest BCUT2D eigenvalue weighted by molar-refractivity contribution is -0.145. The van der Waals surface area contributed by atoms with Crippen LogP contribution in [0, 0.1) is 0 Å². The summed E-state index contributed by atoms with van der Waals surface area (Å²) in [6.07, 6.45) is 4.97. The van der Waals surface area contributed by atoms with E-state index >= 15 is 0 Å². The summed E-state index contributed by atoms with van der Waals surface area (Å²) in [6, 6.07) is 2.88. The molecule has 1 aliphatic heterocycles. The van der Waals surface area contributed by atoms with Crippen LogP contribution in [-0.4, -0.2) is 48.1 Å². The van der Waals surface area contributed by atoms with Gasteiger partial charge in [0.05, 0.1) is 19.3 Å². The van der Waals surface area contributed by atoms with Crippen LogP contribution in [0.2, 0.25) is 0 Å². The van der Waals surface area contributed by atoms with E-state index < -0.39 is 6.04 Å². The lowest BCUT2D eigenvalue weighted by Gasteiger charge is -2.22. The fourth-order valence-corrected chi connectivity index (χ4v) is 2.47. The van der Waals surface area contributed by atoms with Gasteiger partial charge in [0.1, 0.15) is 6.04 Å². The molecule has 0 aromatic carbocycles. The molecule has 2 heterocycles. The van der Waals surface area contributed by atoms with Gasteiger partial charge in [-0.3, -0.25) is 4.79 Å². The van der Waals surface area contributed by atoms with E-state index in [1.807, 2.05) is 0 Å². The largest absolute Gasteiger partial charge is 0.478 e. The highest BCUT2D eigenvalue weighted by molar-refractivity contribution is 5.96. The highest BCUT2D eigenvalue weighted by Crippen LogP contribution is 2.21. The van der Waals surface area contributed by atoms with Crippen molar-refractivity contribution in [2.75, 3.05) is 20.3 Å². The van der Waals surface area contributed by atoms with Crippen molar-refractivity contribution < 1.29 is 19.1 Å². The summed E-state index contributed by atoms with van der Waals surface area (Å²) in [6.45, 7) is 3.27. The molecule has 0 aliphatic carbocycles. The minimum atomic E-state index is -0.488. The average molecular weight is 306 g/mol. The van der Waals surface area contributed by atoms with Gasteiger partial charge in [-0.15, -0.1) is 0 Å². The van der Waals surface area contributed by atoms with E-state index in [4.69, 9.17) is 9.47 Å². The van der Waals surface area contributed by atoms with Crippen molar-refractivity contribution in [2.24, 2.45) is 0 Å². The number of hydrogen-bond donors (Lipinski definition) is 0. The third kappa shape index (κ3) is 3.75. The predicted octanol–water partition coefficient (Wildman–Crippen LogP) is 2.04. The number of likely N-dealkylation sites (tertiary alicyclic amines) is 1. The summed E-state index contributed by atoms with van der Waals surface area (Å²) < 4.78 is 10.2. The van der Waals surface area contributed by atoms with E-state index in [1.54, 1.807) is 17.0 Å². The minimum absolute atomic E-state index is 0.194. The van der Waals surface area contributed by atoms with Crippen molar-refractivity contribution in [1.29, 1.82) is 0 Å². The third-order valence-electron chi connectivity index (χ3n) is 3.72. The van der Waals surface area contributed by atoms with Gasteiger partial charge in [-0.05, 0) is 25.3 Å². The van der Waals surface area contributed by atoms with Gasteiger partial charge in [0.25, 0.3) is 5.91 Å². The lowest BCUT2D eigenvalue weighted by Crippen LogP contribution is -2.41. The molecule has 0 radical (unpaired) electrons. The van der Waals surface area contributed by atoms with Gasteiger partial charge in [-0.25, -0.2) is 9.78 Å². The summed E-state index contributed by atoms with van der Waals surface area (Å²) in [5.74, 6) is -0.0465. The Balaban J connectivity index is 2.01. The number of amides is 1. The first kappa shape index (κ1) is 16.3. The van der Waals surface area contributed by atoms with Gasteiger partial charge in [0.15, 0.2) is 0 Å². The molecule has 1 amide bonds. The zero-order valence-electron chi connectivity index (χ0n) is 13.1. The second kappa shape index (κ2) is 7.77. The van der Waals surface area contributed by atoms with Crippen molar-refractivity contribution >= 4 is 11.9 Å². The monoisotopic (exact) mass is 306 g/mol.